The predicted molar refractivity (Wildman–Crippen MR) is 99.8 cm³/mol. The van der Waals surface area contributed by atoms with E-state index >= 15 is 0 Å². The zero-order valence-corrected chi connectivity index (χ0v) is 15.4. The summed E-state index contributed by atoms with van der Waals surface area (Å²) < 4.78 is 58.3. The number of halogens is 4. The van der Waals surface area contributed by atoms with Gasteiger partial charge in [-0.15, -0.1) is 0 Å². The summed E-state index contributed by atoms with van der Waals surface area (Å²) in [6.07, 6.45) is -4.58. The van der Waals surface area contributed by atoms with Crippen LogP contribution in [0.15, 0.2) is 45.6 Å². The van der Waals surface area contributed by atoms with E-state index in [0.29, 0.717) is 5.56 Å². The number of amides is 1. The highest BCUT2D eigenvalue weighted by Gasteiger charge is 2.31. The van der Waals surface area contributed by atoms with Crippen LogP contribution >= 0.6 is 11.3 Å². The summed E-state index contributed by atoms with van der Waals surface area (Å²) in [5.41, 5.74) is -1.83. The molecule has 4 aromatic rings. The first kappa shape index (κ1) is 19.1. The fourth-order valence-electron chi connectivity index (χ4n) is 2.89. The maximum atomic E-state index is 14.0. The van der Waals surface area contributed by atoms with Crippen LogP contribution in [0.3, 0.4) is 0 Å². The van der Waals surface area contributed by atoms with Gasteiger partial charge in [0.05, 0.1) is 15.8 Å². The van der Waals surface area contributed by atoms with E-state index in [1.54, 1.807) is 13.0 Å². The van der Waals surface area contributed by atoms with Crippen LogP contribution in [-0.4, -0.2) is 10.9 Å². The van der Waals surface area contributed by atoms with E-state index in [0.717, 1.165) is 35.6 Å². The van der Waals surface area contributed by atoms with Crippen LogP contribution in [-0.2, 0) is 6.18 Å². The van der Waals surface area contributed by atoms with Crippen LogP contribution in [0.4, 0.5) is 22.7 Å². The molecule has 2 aromatic heterocycles. The number of alkyl halides is 3. The number of carbonyl (C=O) groups is 1. The van der Waals surface area contributed by atoms with Gasteiger partial charge >= 0.3 is 11.8 Å². The third kappa shape index (κ3) is 3.35. The summed E-state index contributed by atoms with van der Waals surface area (Å²) in [5, 5.41) is 2.36. The first-order chi connectivity index (χ1) is 13.6. The smallest absolute Gasteiger partial charge is 0.416 e. The minimum atomic E-state index is -4.58. The molecular weight excluding hydrogens is 412 g/mol. The number of benzene rings is 2. The summed E-state index contributed by atoms with van der Waals surface area (Å²) in [7, 11) is 0. The Morgan fingerprint density at radius 3 is 2.66 bits per heavy atom. The summed E-state index contributed by atoms with van der Waals surface area (Å²) in [6.45, 7) is 1.55. The van der Waals surface area contributed by atoms with Gasteiger partial charge in [-0.3, -0.25) is 10.1 Å². The average Bonchev–Trinajstić information content (AvgIpc) is 3.05. The summed E-state index contributed by atoms with van der Waals surface area (Å²) in [4.78, 5) is 28.5. The van der Waals surface area contributed by atoms with Crippen molar-refractivity contribution in [3.8, 4) is 0 Å². The maximum Gasteiger partial charge on any atom is 0.416 e. The standard InChI is InChI=1S/C19H10F4N2O3S/c1-8-3-2-4-11(20)13(8)16(26)25-18-24-14-15(29-18)10-7-9(19(21,22)23)5-6-12(10)28-17(14)27/h2-7H,1H3,(H,24,25,26). The van der Waals surface area contributed by atoms with Crippen molar-refractivity contribution in [2.24, 2.45) is 0 Å². The van der Waals surface area contributed by atoms with E-state index in [1.807, 2.05) is 0 Å². The monoisotopic (exact) mass is 422 g/mol. The maximum absolute atomic E-state index is 14.0. The number of nitrogens with zero attached hydrogens (tertiary/aromatic N) is 1. The van der Waals surface area contributed by atoms with E-state index in [2.05, 4.69) is 10.3 Å². The van der Waals surface area contributed by atoms with Gasteiger partial charge in [-0.25, -0.2) is 14.2 Å². The molecule has 1 N–H and O–H groups in total. The van der Waals surface area contributed by atoms with Gasteiger partial charge in [0.1, 0.15) is 11.4 Å². The molecule has 0 atom stereocenters. The molecule has 10 heteroatoms. The first-order valence-corrected chi connectivity index (χ1v) is 8.98. The molecule has 0 bridgehead atoms. The molecule has 4 rings (SSSR count). The van der Waals surface area contributed by atoms with Crippen LogP contribution in [0.25, 0.3) is 21.2 Å². The number of nitrogens with one attached hydrogen (secondary N) is 1. The number of thiazole rings is 1. The van der Waals surface area contributed by atoms with Crippen molar-refractivity contribution in [1.82, 2.24) is 4.98 Å². The molecule has 148 valence electrons. The molecule has 0 aliphatic carbocycles. The van der Waals surface area contributed by atoms with Gasteiger partial charge in [0.25, 0.3) is 5.91 Å². The summed E-state index contributed by atoms with van der Waals surface area (Å²) >= 11 is 0.802. The Morgan fingerprint density at radius 2 is 1.97 bits per heavy atom. The normalized spacial score (nSPS) is 11.9. The minimum absolute atomic E-state index is 0.0366. The molecule has 29 heavy (non-hydrogen) atoms. The van der Waals surface area contributed by atoms with Crippen LogP contribution in [0.1, 0.15) is 21.5 Å². The fraction of sp³-hybridized carbons (Fsp3) is 0.105. The van der Waals surface area contributed by atoms with Crippen molar-refractivity contribution in [1.29, 1.82) is 0 Å². The highest BCUT2D eigenvalue weighted by Crippen LogP contribution is 2.36. The highest BCUT2D eigenvalue weighted by molar-refractivity contribution is 7.23. The Morgan fingerprint density at radius 1 is 1.21 bits per heavy atom. The van der Waals surface area contributed by atoms with Crippen LogP contribution in [0.5, 0.6) is 0 Å². The number of aromatic nitrogens is 1. The number of hydrogen-bond donors (Lipinski definition) is 1. The number of anilines is 1. The average molecular weight is 422 g/mol. The zero-order valence-electron chi connectivity index (χ0n) is 14.6. The molecule has 0 unspecified atom stereocenters. The van der Waals surface area contributed by atoms with Gasteiger partial charge in [0, 0.05) is 5.39 Å². The quantitative estimate of drug-likeness (QED) is 0.360. The van der Waals surface area contributed by atoms with Crippen molar-refractivity contribution < 1.29 is 26.8 Å². The Kier molecular flexibility index (Phi) is 4.38. The van der Waals surface area contributed by atoms with E-state index in [9.17, 15) is 27.2 Å². The topological polar surface area (TPSA) is 72.2 Å². The molecule has 0 saturated carbocycles. The molecular formula is C19H10F4N2O3S. The second-order valence-electron chi connectivity index (χ2n) is 6.18. The lowest BCUT2D eigenvalue weighted by atomic mass is 10.1. The Hall–Kier alpha value is -3.27. The molecule has 2 aromatic carbocycles. The molecule has 0 aliphatic heterocycles. The van der Waals surface area contributed by atoms with Gasteiger partial charge in [-0.1, -0.05) is 23.5 Å². The molecule has 2 heterocycles. The van der Waals surface area contributed by atoms with Crippen molar-refractivity contribution in [2.75, 3.05) is 5.32 Å². The van der Waals surface area contributed by atoms with Crippen LogP contribution in [0, 0.1) is 12.7 Å². The minimum Gasteiger partial charge on any atom is -0.421 e. The number of aryl methyl sites for hydroxylation is 1. The number of hydrogen-bond acceptors (Lipinski definition) is 5. The number of rotatable bonds is 2. The van der Waals surface area contributed by atoms with Gasteiger partial charge in [0.2, 0.25) is 0 Å². The highest BCUT2D eigenvalue weighted by atomic mass is 32.1. The first-order valence-electron chi connectivity index (χ1n) is 8.16. The third-order valence-corrected chi connectivity index (χ3v) is 5.25. The van der Waals surface area contributed by atoms with E-state index in [1.165, 1.54) is 6.07 Å². The lowest BCUT2D eigenvalue weighted by Crippen LogP contribution is -2.15. The second-order valence-corrected chi connectivity index (χ2v) is 7.18. The number of fused-ring (bicyclic) bond motifs is 3. The van der Waals surface area contributed by atoms with Gasteiger partial charge in [-0.2, -0.15) is 13.2 Å². The molecule has 0 fully saturated rings. The molecule has 0 saturated heterocycles. The lowest BCUT2D eigenvalue weighted by Gasteiger charge is -2.07. The Bertz CT molecular complexity index is 1320. The van der Waals surface area contributed by atoms with E-state index < -0.39 is 29.1 Å². The zero-order chi connectivity index (χ0) is 20.9. The van der Waals surface area contributed by atoms with Gasteiger partial charge in [-0.05, 0) is 36.8 Å². The third-order valence-electron chi connectivity index (χ3n) is 4.24. The second kappa shape index (κ2) is 6.66. The summed E-state index contributed by atoms with van der Waals surface area (Å²) in [5.74, 6) is -1.52. The lowest BCUT2D eigenvalue weighted by molar-refractivity contribution is -0.137. The molecule has 0 radical (unpaired) electrons. The molecule has 5 nitrogen and oxygen atoms in total. The molecule has 0 aliphatic rings. The molecule has 1 amide bonds. The molecule has 0 spiro atoms. The van der Waals surface area contributed by atoms with E-state index in [-0.39, 0.29) is 31.9 Å². The largest absolute Gasteiger partial charge is 0.421 e. The Balaban J connectivity index is 1.83. The number of carbonyl (C=O) groups excluding carboxylic acids is 1. The predicted octanol–water partition coefficient (Wildman–Crippen LogP) is 5.12. The van der Waals surface area contributed by atoms with E-state index in [4.69, 9.17) is 4.42 Å². The van der Waals surface area contributed by atoms with Crippen molar-refractivity contribution >= 4 is 43.6 Å². The SMILES string of the molecule is Cc1cccc(F)c1C(=O)Nc1nc2c(=O)oc3ccc(C(F)(F)F)cc3c2s1. The van der Waals surface area contributed by atoms with Crippen molar-refractivity contribution in [2.45, 2.75) is 13.1 Å². The Labute approximate surface area is 163 Å². The summed E-state index contributed by atoms with van der Waals surface area (Å²) in [6, 6.07) is 6.85. The van der Waals surface area contributed by atoms with Gasteiger partial charge in [0.15, 0.2) is 10.6 Å². The van der Waals surface area contributed by atoms with Crippen LogP contribution < -0.4 is 10.9 Å². The van der Waals surface area contributed by atoms with Gasteiger partial charge < -0.3 is 4.42 Å². The van der Waals surface area contributed by atoms with Crippen molar-refractivity contribution in [3.05, 3.63) is 69.3 Å². The fourth-order valence-corrected chi connectivity index (χ4v) is 3.86. The van der Waals surface area contributed by atoms with Crippen molar-refractivity contribution in [3.63, 3.8) is 0 Å². The van der Waals surface area contributed by atoms with Crippen LogP contribution in [0.2, 0.25) is 0 Å².